The third-order valence-electron chi connectivity index (χ3n) is 5.92. The number of benzene rings is 3. The fraction of sp³-hybridized carbons (Fsp3) is 0.107. The number of fused-ring (bicyclic) bond motifs is 1. The highest BCUT2D eigenvalue weighted by molar-refractivity contribution is 6.07. The quantitative estimate of drug-likeness (QED) is 0.130. The summed E-state index contributed by atoms with van der Waals surface area (Å²) in [5.74, 6) is -0.692. The van der Waals surface area contributed by atoms with Crippen molar-refractivity contribution in [1.82, 2.24) is 25.2 Å². The number of carbonyl (C=O) groups excluding carboxylic acids is 2. The van der Waals surface area contributed by atoms with Gasteiger partial charge in [-0.1, -0.05) is 42.5 Å². The molecule has 0 amide bonds. The molecule has 0 radical (unpaired) electrons. The number of rotatable bonds is 9. The van der Waals surface area contributed by atoms with Gasteiger partial charge in [0.15, 0.2) is 0 Å². The molecule has 10 heteroatoms. The van der Waals surface area contributed by atoms with Crippen molar-refractivity contribution in [3.8, 4) is 5.75 Å². The van der Waals surface area contributed by atoms with E-state index in [1.54, 1.807) is 43.6 Å². The van der Waals surface area contributed by atoms with E-state index in [1.165, 1.54) is 4.68 Å². The topological polar surface area (TPSA) is 132 Å². The zero-order valence-corrected chi connectivity index (χ0v) is 20.4. The minimum Gasteiger partial charge on any atom is -0.507 e. The average Bonchev–Trinajstić information content (AvgIpc) is 3.59. The maximum absolute atomic E-state index is 12.9. The number of ether oxygens (including phenoxy) is 2. The Morgan fingerprint density at radius 1 is 1.03 bits per heavy atom. The molecule has 2 heterocycles. The number of aliphatic hydroxyl groups is 1. The Morgan fingerprint density at radius 2 is 1.82 bits per heavy atom. The lowest BCUT2D eigenvalue weighted by atomic mass is 10.1. The van der Waals surface area contributed by atoms with E-state index in [-0.39, 0.29) is 24.7 Å². The van der Waals surface area contributed by atoms with Crippen LogP contribution in [0.5, 0.6) is 5.75 Å². The zero-order chi connectivity index (χ0) is 26.5. The molecule has 0 aliphatic carbocycles. The molecule has 2 N–H and O–H groups in total. The van der Waals surface area contributed by atoms with E-state index in [4.69, 9.17) is 9.47 Å². The predicted molar refractivity (Wildman–Crippen MR) is 139 cm³/mol. The number of methoxy groups -OCH3 is 1. The van der Waals surface area contributed by atoms with Crippen LogP contribution < -0.4 is 4.74 Å². The molecule has 10 nitrogen and oxygen atoms in total. The van der Waals surface area contributed by atoms with Crippen LogP contribution in [0.25, 0.3) is 16.7 Å². The molecule has 0 aliphatic heterocycles. The molecule has 3 aromatic carbocycles. The summed E-state index contributed by atoms with van der Waals surface area (Å²) in [4.78, 5) is 28.6. The van der Waals surface area contributed by atoms with Gasteiger partial charge in [0, 0.05) is 28.7 Å². The molecule has 0 aliphatic rings. The minimum absolute atomic E-state index is 0.0302. The number of ketones is 1. The van der Waals surface area contributed by atoms with Crippen LogP contribution in [0.1, 0.15) is 37.7 Å². The van der Waals surface area contributed by atoms with Gasteiger partial charge in [0.2, 0.25) is 11.6 Å². The Kier molecular flexibility index (Phi) is 6.94. The van der Waals surface area contributed by atoms with Crippen LogP contribution in [-0.2, 0) is 17.9 Å². The first-order chi connectivity index (χ1) is 18.5. The summed E-state index contributed by atoms with van der Waals surface area (Å²) in [6.07, 6.45) is 2.61. The minimum atomic E-state index is -0.575. The molecule has 0 saturated heterocycles. The van der Waals surface area contributed by atoms with Crippen molar-refractivity contribution in [2.24, 2.45) is 0 Å². The molecule has 0 bridgehead atoms. The van der Waals surface area contributed by atoms with Crippen molar-refractivity contribution >= 4 is 28.4 Å². The third-order valence-corrected chi connectivity index (χ3v) is 5.92. The SMILES string of the molecule is COc1ccc(Cn2nnnc2C(=O)/C=C(\O)c2c[nH]c3ccc(C(=O)OCc4ccccc4)cc23)cc1. The Morgan fingerprint density at radius 3 is 2.58 bits per heavy atom. The molecule has 0 unspecified atom stereocenters. The number of esters is 1. The fourth-order valence-electron chi connectivity index (χ4n) is 3.92. The van der Waals surface area contributed by atoms with Crippen molar-refractivity contribution in [2.75, 3.05) is 7.11 Å². The molecule has 5 aromatic rings. The van der Waals surface area contributed by atoms with E-state index in [1.807, 2.05) is 42.5 Å². The van der Waals surface area contributed by atoms with Crippen molar-refractivity contribution in [1.29, 1.82) is 0 Å². The Hall–Kier alpha value is -5.25. The number of tetrazole rings is 1. The number of hydrogen-bond donors (Lipinski definition) is 2. The van der Waals surface area contributed by atoms with E-state index >= 15 is 0 Å². The van der Waals surface area contributed by atoms with Crippen molar-refractivity contribution < 1.29 is 24.2 Å². The number of H-pyrrole nitrogens is 1. The third kappa shape index (κ3) is 5.29. The summed E-state index contributed by atoms with van der Waals surface area (Å²) in [5.41, 5.74) is 3.08. The molecule has 0 spiro atoms. The van der Waals surface area contributed by atoms with Gasteiger partial charge in [0.1, 0.15) is 18.1 Å². The van der Waals surface area contributed by atoms with Crippen molar-refractivity contribution in [2.45, 2.75) is 13.2 Å². The highest BCUT2D eigenvalue weighted by atomic mass is 16.5. The lowest BCUT2D eigenvalue weighted by Crippen LogP contribution is -2.11. The van der Waals surface area contributed by atoms with Crippen LogP contribution in [-0.4, -0.2) is 49.2 Å². The second-order valence-corrected chi connectivity index (χ2v) is 8.43. The molecule has 5 rings (SSSR count). The van der Waals surface area contributed by atoms with Gasteiger partial charge < -0.3 is 19.6 Å². The monoisotopic (exact) mass is 509 g/mol. The van der Waals surface area contributed by atoms with Gasteiger partial charge in [0.05, 0.1) is 19.2 Å². The number of nitrogens with zero attached hydrogens (tertiary/aromatic N) is 4. The Bertz CT molecular complexity index is 1620. The van der Waals surface area contributed by atoms with Gasteiger partial charge in [-0.2, -0.15) is 0 Å². The fourth-order valence-corrected chi connectivity index (χ4v) is 3.92. The summed E-state index contributed by atoms with van der Waals surface area (Å²) < 4.78 is 11.9. The lowest BCUT2D eigenvalue weighted by Gasteiger charge is -2.06. The molecular weight excluding hydrogens is 486 g/mol. The normalized spacial score (nSPS) is 11.4. The van der Waals surface area contributed by atoms with Gasteiger partial charge in [0.25, 0.3) is 0 Å². The smallest absolute Gasteiger partial charge is 0.338 e. The maximum atomic E-state index is 12.9. The largest absolute Gasteiger partial charge is 0.507 e. The van der Waals surface area contributed by atoms with Crippen LogP contribution >= 0.6 is 0 Å². The summed E-state index contributed by atoms with van der Waals surface area (Å²) in [6.45, 7) is 0.400. The van der Waals surface area contributed by atoms with E-state index in [9.17, 15) is 14.7 Å². The first kappa shape index (κ1) is 24.4. The van der Waals surface area contributed by atoms with Gasteiger partial charge in [-0.05, 0) is 51.9 Å². The number of aliphatic hydroxyl groups excluding tert-OH is 1. The summed E-state index contributed by atoms with van der Waals surface area (Å²) in [5, 5.41) is 22.7. The summed E-state index contributed by atoms with van der Waals surface area (Å²) in [6, 6.07) is 21.6. The molecule has 38 heavy (non-hydrogen) atoms. The van der Waals surface area contributed by atoms with Crippen LogP contribution in [0.2, 0.25) is 0 Å². The predicted octanol–water partition coefficient (Wildman–Crippen LogP) is 4.35. The van der Waals surface area contributed by atoms with Gasteiger partial charge in [-0.3, -0.25) is 4.79 Å². The van der Waals surface area contributed by atoms with Crippen LogP contribution in [0.15, 0.2) is 85.1 Å². The lowest BCUT2D eigenvalue weighted by molar-refractivity contribution is 0.0473. The van der Waals surface area contributed by atoms with E-state index in [0.29, 0.717) is 27.8 Å². The number of nitrogens with one attached hydrogen (secondary N) is 1. The molecule has 190 valence electrons. The van der Waals surface area contributed by atoms with Gasteiger partial charge >= 0.3 is 5.97 Å². The van der Waals surface area contributed by atoms with Gasteiger partial charge in [-0.15, -0.1) is 5.10 Å². The van der Waals surface area contributed by atoms with Gasteiger partial charge in [-0.25, -0.2) is 9.48 Å². The number of allylic oxidation sites excluding steroid dienone is 1. The van der Waals surface area contributed by atoms with Crippen LogP contribution in [0, 0.1) is 0 Å². The Labute approximate surface area is 217 Å². The van der Waals surface area contributed by atoms with Crippen LogP contribution in [0.3, 0.4) is 0 Å². The van der Waals surface area contributed by atoms with E-state index in [2.05, 4.69) is 20.5 Å². The number of aromatic amines is 1. The highest BCUT2D eigenvalue weighted by Crippen LogP contribution is 2.26. The maximum Gasteiger partial charge on any atom is 0.338 e. The molecular formula is C28H23N5O5. The highest BCUT2D eigenvalue weighted by Gasteiger charge is 2.18. The second-order valence-electron chi connectivity index (χ2n) is 8.43. The number of hydrogen-bond acceptors (Lipinski definition) is 8. The molecule has 0 saturated carbocycles. The molecule has 0 fully saturated rings. The van der Waals surface area contributed by atoms with Crippen molar-refractivity contribution in [3.05, 3.63) is 113 Å². The van der Waals surface area contributed by atoms with E-state index < -0.39 is 11.8 Å². The van der Waals surface area contributed by atoms with E-state index in [0.717, 1.165) is 17.2 Å². The summed E-state index contributed by atoms with van der Waals surface area (Å²) in [7, 11) is 1.58. The van der Waals surface area contributed by atoms with Crippen molar-refractivity contribution in [3.63, 3.8) is 0 Å². The summed E-state index contributed by atoms with van der Waals surface area (Å²) >= 11 is 0. The Balaban J connectivity index is 1.34. The van der Waals surface area contributed by atoms with Crippen LogP contribution in [0.4, 0.5) is 0 Å². The second kappa shape index (κ2) is 10.8. The molecule has 0 atom stereocenters. The number of carbonyl (C=O) groups is 2. The first-order valence-corrected chi connectivity index (χ1v) is 11.7. The number of aromatic nitrogens is 5. The standard InChI is InChI=1S/C28H23N5O5/c1-37-21-10-7-18(8-11-21)16-33-27(30-31-32-33)26(35)14-25(34)23-15-29-24-12-9-20(13-22(23)24)28(36)38-17-19-5-3-2-4-6-19/h2-15,29,34H,16-17H2,1H3/b25-14-. The first-order valence-electron chi connectivity index (χ1n) is 11.7. The average molecular weight is 510 g/mol. The zero-order valence-electron chi connectivity index (χ0n) is 20.4. The molecule has 2 aromatic heterocycles.